The summed E-state index contributed by atoms with van der Waals surface area (Å²) in [6.45, 7) is 3.30. The minimum absolute atomic E-state index is 0.0683. The highest BCUT2D eigenvalue weighted by Crippen LogP contribution is 2.35. The van der Waals surface area contributed by atoms with Crippen LogP contribution in [0.4, 0.5) is 18.9 Å². The molecule has 0 saturated heterocycles. The first-order chi connectivity index (χ1) is 17.3. The molecule has 1 atom stereocenters. The second-order valence-electron chi connectivity index (χ2n) is 9.94. The molecule has 1 heterocycles. The van der Waals surface area contributed by atoms with Gasteiger partial charge in [-0.1, -0.05) is 12.1 Å². The van der Waals surface area contributed by atoms with Gasteiger partial charge in [0.25, 0.3) is 0 Å². The second kappa shape index (κ2) is 11.5. The molecule has 1 amide bonds. The zero-order valence-corrected chi connectivity index (χ0v) is 21.2. The van der Waals surface area contributed by atoms with E-state index in [2.05, 4.69) is 16.3 Å². The van der Waals surface area contributed by atoms with Crippen LogP contribution in [0.5, 0.6) is 5.75 Å². The third kappa shape index (κ3) is 6.13. The van der Waals surface area contributed by atoms with E-state index in [1.807, 2.05) is 31.1 Å². The topological polar surface area (TPSA) is 48.1 Å². The van der Waals surface area contributed by atoms with Crippen LogP contribution in [0.1, 0.15) is 35.8 Å². The quantitative estimate of drug-likeness (QED) is 0.465. The van der Waals surface area contributed by atoms with E-state index >= 15 is 4.39 Å². The highest BCUT2D eigenvalue weighted by molar-refractivity contribution is 5.81. The van der Waals surface area contributed by atoms with Crippen molar-refractivity contribution in [2.45, 2.75) is 32.1 Å². The highest BCUT2D eigenvalue weighted by Gasteiger charge is 2.30. The van der Waals surface area contributed by atoms with Crippen molar-refractivity contribution >= 4 is 11.6 Å². The van der Waals surface area contributed by atoms with Gasteiger partial charge >= 0.3 is 0 Å². The Hall–Kier alpha value is -2.78. The molecule has 2 aromatic carbocycles. The first-order valence-corrected chi connectivity index (χ1v) is 12.5. The standard InChI is InChI=1S/C27H35F3N4O2/c1-32(2)13-14-34(27(30)20-9-10-22(28)25(29)26(20)36-3)24(35)15-31-23-6-4-5-19-11-12-33(17-21(19)23)16-18-7-8-18/h4-6,9-10,18,27,31H,7-8,11-17H2,1-3H3. The summed E-state index contributed by atoms with van der Waals surface area (Å²) >= 11 is 0. The molecule has 196 valence electrons. The van der Waals surface area contributed by atoms with Crippen molar-refractivity contribution in [2.24, 2.45) is 5.92 Å². The smallest absolute Gasteiger partial charge is 0.244 e. The Labute approximate surface area is 211 Å². The molecule has 9 heteroatoms. The zero-order valence-electron chi connectivity index (χ0n) is 21.2. The Kier molecular flexibility index (Phi) is 8.41. The van der Waals surface area contributed by atoms with Crippen LogP contribution < -0.4 is 10.1 Å². The molecule has 1 fully saturated rings. The minimum atomic E-state index is -2.00. The molecule has 4 rings (SSSR count). The Bertz CT molecular complexity index is 1080. The van der Waals surface area contributed by atoms with E-state index in [1.165, 1.54) is 24.0 Å². The van der Waals surface area contributed by atoms with Gasteiger partial charge in [-0.05, 0) is 68.6 Å². The summed E-state index contributed by atoms with van der Waals surface area (Å²) in [7, 11) is 4.78. The van der Waals surface area contributed by atoms with Crippen LogP contribution in [0.25, 0.3) is 0 Å². The maximum atomic E-state index is 15.7. The van der Waals surface area contributed by atoms with Crippen molar-refractivity contribution in [3.05, 3.63) is 58.7 Å². The third-order valence-electron chi connectivity index (χ3n) is 6.92. The number of anilines is 1. The van der Waals surface area contributed by atoms with Crippen LogP contribution in [0.2, 0.25) is 0 Å². The lowest BCUT2D eigenvalue weighted by atomic mass is 9.97. The molecule has 1 unspecified atom stereocenters. The first kappa shape index (κ1) is 26.3. The molecule has 1 N–H and O–H groups in total. The summed E-state index contributed by atoms with van der Waals surface area (Å²) in [5.41, 5.74) is 3.08. The molecule has 1 saturated carbocycles. The van der Waals surface area contributed by atoms with Gasteiger partial charge in [0.2, 0.25) is 18.0 Å². The number of methoxy groups -OCH3 is 1. The summed E-state index contributed by atoms with van der Waals surface area (Å²) in [4.78, 5) is 18.6. The van der Waals surface area contributed by atoms with E-state index in [4.69, 9.17) is 4.74 Å². The van der Waals surface area contributed by atoms with Crippen molar-refractivity contribution in [3.8, 4) is 5.75 Å². The molecule has 2 aliphatic rings. The molecule has 0 bridgehead atoms. The Morgan fingerprint density at radius 2 is 1.97 bits per heavy atom. The minimum Gasteiger partial charge on any atom is -0.493 e. The highest BCUT2D eigenvalue weighted by atomic mass is 19.2. The number of hydrogen-bond donors (Lipinski definition) is 1. The van der Waals surface area contributed by atoms with Gasteiger partial charge in [0.15, 0.2) is 11.6 Å². The lowest BCUT2D eigenvalue weighted by Gasteiger charge is -2.31. The number of amides is 1. The van der Waals surface area contributed by atoms with Crippen LogP contribution in [0.3, 0.4) is 0 Å². The average molecular weight is 505 g/mol. The summed E-state index contributed by atoms with van der Waals surface area (Å²) < 4.78 is 48.6. The van der Waals surface area contributed by atoms with E-state index in [9.17, 15) is 13.6 Å². The first-order valence-electron chi connectivity index (χ1n) is 12.5. The van der Waals surface area contributed by atoms with Crippen molar-refractivity contribution in [3.63, 3.8) is 0 Å². The van der Waals surface area contributed by atoms with Gasteiger partial charge in [-0.3, -0.25) is 9.69 Å². The number of carbonyl (C=O) groups is 1. The number of halogens is 3. The number of hydrogen-bond acceptors (Lipinski definition) is 5. The van der Waals surface area contributed by atoms with E-state index in [-0.39, 0.29) is 18.7 Å². The number of carbonyl (C=O) groups excluding carboxylic acids is 1. The monoisotopic (exact) mass is 504 g/mol. The summed E-state index contributed by atoms with van der Waals surface area (Å²) in [6, 6.07) is 8.00. The molecule has 1 aliphatic heterocycles. The third-order valence-corrected chi connectivity index (χ3v) is 6.92. The van der Waals surface area contributed by atoms with E-state index < -0.39 is 29.6 Å². The van der Waals surface area contributed by atoms with Crippen LogP contribution in [0.15, 0.2) is 30.3 Å². The number of likely N-dealkylation sites (N-methyl/N-ethyl adjacent to an activating group) is 1. The van der Waals surface area contributed by atoms with Gasteiger partial charge in [0, 0.05) is 38.4 Å². The van der Waals surface area contributed by atoms with Crippen LogP contribution in [-0.4, -0.2) is 74.5 Å². The van der Waals surface area contributed by atoms with Crippen molar-refractivity contribution in [1.82, 2.24) is 14.7 Å². The number of benzene rings is 2. The molecule has 0 spiro atoms. The normalized spacial score (nSPS) is 16.5. The number of nitrogens with zero attached hydrogens (tertiary/aromatic N) is 3. The predicted octanol–water partition coefficient (Wildman–Crippen LogP) is 4.21. The fourth-order valence-corrected chi connectivity index (χ4v) is 4.68. The molecular formula is C27H35F3N4O2. The van der Waals surface area contributed by atoms with Crippen molar-refractivity contribution < 1.29 is 22.7 Å². The van der Waals surface area contributed by atoms with Gasteiger partial charge in [-0.2, -0.15) is 4.39 Å². The SMILES string of the molecule is COc1c(C(F)N(CCN(C)C)C(=O)CNc2cccc3c2CN(CC2CC2)CC3)ccc(F)c1F. The maximum Gasteiger partial charge on any atom is 0.244 e. The Balaban J connectivity index is 1.50. The molecule has 1 aliphatic carbocycles. The second-order valence-corrected chi connectivity index (χ2v) is 9.94. The van der Waals surface area contributed by atoms with Crippen molar-refractivity contribution in [1.29, 1.82) is 0 Å². The fourth-order valence-electron chi connectivity index (χ4n) is 4.68. The van der Waals surface area contributed by atoms with Crippen LogP contribution in [0, 0.1) is 17.6 Å². The predicted molar refractivity (Wildman–Crippen MR) is 134 cm³/mol. The summed E-state index contributed by atoms with van der Waals surface area (Å²) in [5, 5.41) is 3.22. The number of alkyl halides is 1. The number of ether oxygens (including phenoxy) is 1. The van der Waals surface area contributed by atoms with Crippen LogP contribution >= 0.6 is 0 Å². The maximum absolute atomic E-state index is 15.7. The molecular weight excluding hydrogens is 469 g/mol. The zero-order chi connectivity index (χ0) is 25.8. The molecule has 6 nitrogen and oxygen atoms in total. The molecule has 2 aromatic rings. The van der Waals surface area contributed by atoms with Gasteiger partial charge in [0.1, 0.15) is 0 Å². The van der Waals surface area contributed by atoms with Crippen molar-refractivity contribution in [2.75, 3.05) is 59.2 Å². The van der Waals surface area contributed by atoms with Crippen LogP contribution in [-0.2, 0) is 17.8 Å². The summed E-state index contributed by atoms with van der Waals surface area (Å²) in [5.74, 6) is -2.64. The lowest BCUT2D eigenvalue weighted by Crippen LogP contribution is -2.41. The lowest BCUT2D eigenvalue weighted by molar-refractivity contribution is -0.135. The van der Waals surface area contributed by atoms with E-state index in [0.717, 1.165) is 61.8 Å². The average Bonchev–Trinajstić information content (AvgIpc) is 3.68. The number of fused-ring (bicyclic) bond motifs is 1. The van der Waals surface area contributed by atoms with E-state index in [1.54, 1.807) is 0 Å². The number of rotatable bonds is 11. The van der Waals surface area contributed by atoms with Gasteiger partial charge < -0.3 is 19.9 Å². The molecule has 36 heavy (non-hydrogen) atoms. The Morgan fingerprint density at radius 3 is 2.67 bits per heavy atom. The summed E-state index contributed by atoms with van der Waals surface area (Å²) in [6.07, 6.45) is 1.56. The van der Waals surface area contributed by atoms with Gasteiger partial charge in [-0.15, -0.1) is 0 Å². The van der Waals surface area contributed by atoms with Gasteiger partial charge in [0.05, 0.1) is 19.2 Å². The van der Waals surface area contributed by atoms with Gasteiger partial charge in [-0.25, -0.2) is 8.78 Å². The Morgan fingerprint density at radius 1 is 1.19 bits per heavy atom. The largest absolute Gasteiger partial charge is 0.493 e. The number of nitrogens with one attached hydrogen (secondary N) is 1. The fraction of sp³-hybridized carbons (Fsp3) is 0.519. The molecule has 0 aromatic heterocycles. The molecule has 0 radical (unpaired) electrons. The van der Waals surface area contributed by atoms with E-state index in [0.29, 0.717) is 6.54 Å².